The van der Waals surface area contributed by atoms with Crippen LogP contribution in [-0.4, -0.2) is 51.9 Å². The molecule has 1 unspecified atom stereocenters. The monoisotopic (exact) mass is 619 g/mol. The van der Waals surface area contributed by atoms with Crippen molar-refractivity contribution < 1.29 is 22.7 Å². The number of rotatable bonds is 12. The summed E-state index contributed by atoms with van der Waals surface area (Å²) in [5, 5.41) is 3.20. The van der Waals surface area contributed by atoms with Gasteiger partial charge in [-0.3, -0.25) is 13.9 Å². The van der Waals surface area contributed by atoms with Crippen LogP contribution in [0.3, 0.4) is 0 Å². The molecule has 224 valence electrons. The summed E-state index contributed by atoms with van der Waals surface area (Å²) in [6, 6.07) is 28.4. The Bertz CT molecular complexity index is 1650. The Morgan fingerprint density at radius 1 is 0.884 bits per heavy atom. The third kappa shape index (κ3) is 7.74. The maximum absolute atomic E-state index is 14.4. The molecule has 1 atom stereocenters. The summed E-state index contributed by atoms with van der Waals surface area (Å²) in [4.78, 5) is 29.2. The maximum atomic E-state index is 14.4. The predicted octanol–water partition coefficient (Wildman–Crippen LogP) is 5.24. The lowest BCUT2D eigenvalue weighted by Gasteiger charge is -2.34. The lowest BCUT2D eigenvalue weighted by atomic mass is 10.0. The molecule has 0 spiro atoms. The molecule has 0 aliphatic carbocycles. The minimum Gasteiger partial charge on any atom is -0.495 e. The second-order valence-electron chi connectivity index (χ2n) is 9.97. The molecular weight excluding hydrogens is 586 g/mol. The van der Waals surface area contributed by atoms with Crippen molar-refractivity contribution in [2.75, 3.05) is 25.0 Å². The number of amides is 2. The number of nitrogens with zero attached hydrogens (tertiary/aromatic N) is 2. The summed E-state index contributed by atoms with van der Waals surface area (Å²) in [6.45, 7) is 1.30. The summed E-state index contributed by atoms with van der Waals surface area (Å²) in [6.07, 6.45) is 0.221. The molecule has 4 aromatic rings. The van der Waals surface area contributed by atoms with E-state index in [9.17, 15) is 18.0 Å². The van der Waals surface area contributed by atoms with Crippen LogP contribution in [0.4, 0.5) is 5.69 Å². The van der Waals surface area contributed by atoms with E-state index in [4.69, 9.17) is 16.3 Å². The maximum Gasteiger partial charge on any atom is 0.264 e. The molecule has 0 saturated carbocycles. The highest BCUT2D eigenvalue weighted by Gasteiger charge is 2.35. The highest BCUT2D eigenvalue weighted by atomic mass is 35.5. The van der Waals surface area contributed by atoms with Crippen molar-refractivity contribution in [3.8, 4) is 5.75 Å². The van der Waals surface area contributed by atoms with Crippen LogP contribution in [0.1, 0.15) is 16.7 Å². The number of likely N-dealkylation sites (N-methyl/N-ethyl adjacent to an activating group) is 1. The van der Waals surface area contributed by atoms with Gasteiger partial charge in [0.05, 0.1) is 17.7 Å². The zero-order valence-corrected chi connectivity index (χ0v) is 25.8. The van der Waals surface area contributed by atoms with E-state index in [-0.39, 0.29) is 35.2 Å². The van der Waals surface area contributed by atoms with E-state index >= 15 is 0 Å². The first kappa shape index (κ1) is 31.6. The van der Waals surface area contributed by atoms with Gasteiger partial charge in [0.25, 0.3) is 10.0 Å². The summed E-state index contributed by atoms with van der Waals surface area (Å²) in [7, 11) is -1.28. The highest BCUT2D eigenvalue weighted by Crippen LogP contribution is 2.34. The van der Waals surface area contributed by atoms with Crippen LogP contribution in [-0.2, 0) is 32.6 Å². The molecule has 0 aliphatic rings. The molecule has 0 aliphatic heterocycles. The minimum absolute atomic E-state index is 0.0164. The van der Waals surface area contributed by atoms with Crippen molar-refractivity contribution in [2.24, 2.45) is 0 Å². The third-order valence-electron chi connectivity index (χ3n) is 7.00. The molecule has 4 rings (SSSR count). The van der Waals surface area contributed by atoms with E-state index in [0.29, 0.717) is 5.02 Å². The number of aryl methyl sites for hydroxylation is 1. The first-order chi connectivity index (χ1) is 20.6. The van der Waals surface area contributed by atoms with Gasteiger partial charge >= 0.3 is 0 Å². The van der Waals surface area contributed by atoms with Gasteiger partial charge in [0.2, 0.25) is 11.8 Å². The van der Waals surface area contributed by atoms with Crippen molar-refractivity contribution in [3.63, 3.8) is 0 Å². The average Bonchev–Trinajstić information content (AvgIpc) is 3.02. The van der Waals surface area contributed by atoms with Crippen LogP contribution in [0.15, 0.2) is 108 Å². The molecule has 8 nitrogen and oxygen atoms in total. The first-order valence-electron chi connectivity index (χ1n) is 13.7. The normalized spacial score (nSPS) is 11.8. The summed E-state index contributed by atoms with van der Waals surface area (Å²) in [5.74, 6) is -0.659. The molecule has 0 saturated heterocycles. The molecule has 43 heavy (non-hydrogen) atoms. The Morgan fingerprint density at radius 2 is 1.51 bits per heavy atom. The molecule has 10 heteroatoms. The van der Waals surface area contributed by atoms with Crippen molar-refractivity contribution in [1.82, 2.24) is 10.2 Å². The molecular formula is C33H34ClN3O5S. The Morgan fingerprint density at radius 3 is 2.12 bits per heavy atom. The summed E-state index contributed by atoms with van der Waals surface area (Å²) in [5.41, 5.74) is 2.57. The summed E-state index contributed by atoms with van der Waals surface area (Å²) >= 11 is 6.11. The number of hydrogen-bond donors (Lipinski definition) is 1. The number of ether oxygens (including phenoxy) is 1. The Hall–Kier alpha value is -4.34. The molecule has 2 amide bonds. The van der Waals surface area contributed by atoms with Gasteiger partial charge in [-0.1, -0.05) is 78.3 Å². The fourth-order valence-electron chi connectivity index (χ4n) is 4.74. The van der Waals surface area contributed by atoms with Crippen LogP contribution < -0.4 is 14.4 Å². The smallest absolute Gasteiger partial charge is 0.264 e. The van der Waals surface area contributed by atoms with Crippen LogP contribution in [0, 0.1) is 6.92 Å². The minimum atomic E-state index is -4.23. The molecule has 1 N–H and O–H groups in total. The average molecular weight is 620 g/mol. The fourth-order valence-corrected chi connectivity index (χ4v) is 6.30. The van der Waals surface area contributed by atoms with Gasteiger partial charge in [-0.2, -0.15) is 0 Å². The van der Waals surface area contributed by atoms with E-state index in [2.05, 4.69) is 5.32 Å². The van der Waals surface area contributed by atoms with Crippen LogP contribution in [0.25, 0.3) is 0 Å². The number of carbonyl (C=O) groups excluding carboxylic acids is 2. The van der Waals surface area contributed by atoms with E-state index in [1.54, 1.807) is 60.7 Å². The fraction of sp³-hybridized carbons (Fsp3) is 0.212. The highest BCUT2D eigenvalue weighted by molar-refractivity contribution is 7.92. The van der Waals surface area contributed by atoms with E-state index in [1.165, 1.54) is 31.2 Å². The van der Waals surface area contributed by atoms with Gasteiger partial charge in [-0.15, -0.1) is 0 Å². The van der Waals surface area contributed by atoms with Crippen LogP contribution in [0.2, 0.25) is 5.02 Å². The Balaban J connectivity index is 1.82. The zero-order valence-electron chi connectivity index (χ0n) is 24.2. The Kier molecular flexibility index (Phi) is 10.4. The molecule has 0 heterocycles. The van der Waals surface area contributed by atoms with Gasteiger partial charge in [0, 0.05) is 25.0 Å². The molecule has 0 aromatic heterocycles. The lowest BCUT2D eigenvalue weighted by molar-refractivity contribution is -0.139. The van der Waals surface area contributed by atoms with Crippen LogP contribution >= 0.6 is 11.6 Å². The van der Waals surface area contributed by atoms with Gasteiger partial charge in [-0.05, 0) is 60.0 Å². The van der Waals surface area contributed by atoms with E-state index in [1.807, 2.05) is 37.3 Å². The van der Waals surface area contributed by atoms with Crippen molar-refractivity contribution in [3.05, 3.63) is 125 Å². The van der Waals surface area contributed by atoms with Gasteiger partial charge < -0.3 is 15.0 Å². The first-order valence-corrected chi connectivity index (χ1v) is 15.5. The quantitative estimate of drug-likeness (QED) is 0.234. The van der Waals surface area contributed by atoms with Gasteiger partial charge in [-0.25, -0.2) is 8.42 Å². The molecule has 0 bridgehead atoms. The molecule has 4 aromatic carbocycles. The number of nitrogens with one attached hydrogen (secondary N) is 1. The standard InChI is InChI=1S/C33H34ClN3O5S/c1-24-14-19-31(42-3)29(20-24)37(43(40,41)28-12-8-5-9-13-28)23-32(38)36(22-26-15-17-27(34)18-16-26)30(33(39)35-2)21-25-10-6-4-7-11-25/h4-20,30H,21-23H2,1-3H3,(H,35,39). The van der Waals surface area contributed by atoms with Crippen molar-refractivity contribution in [2.45, 2.75) is 30.8 Å². The van der Waals surface area contributed by atoms with E-state index < -0.39 is 28.5 Å². The topological polar surface area (TPSA) is 96.0 Å². The lowest BCUT2D eigenvalue weighted by Crippen LogP contribution is -2.53. The molecule has 0 radical (unpaired) electrons. The summed E-state index contributed by atoms with van der Waals surface area (Å²) < 4.78 is 34.8. The number of anilines is 1. The largest absolute Gasteiger partial charge is 0.495 e. The SMILES string of the molecule is CNC(=O)C(Cc1ccccc1)N(Cc1ccc(Cl)cc1)C(=O)CN(c1cc(C)ccc1OC)S(=O)(=O)c1ccccc1. The van der Waals surface area contributed by atoms with Gasteiger partial charge in [0.1, 0.15) is 18.3 Å². The predicted molar refractivity (Wildman–Crippen MR) is 169 cm³/mol. The number of methoxy groups -OCH3 is 1. The second kappa shape index (κ2) is 14.2. The number of halogens is 1. The van der Waals surface area contributed by atoms with Gasteiger partial charge in [0.15, 0.2) is 0 Å². The Labute approximate surface area is 257 Å². The van der Waals surface area contributed by atoms with Crippen molar-refractivity contribution >= 4 is 39.1 Å². The second-order valence-corrected chi connectivity index (χ2v) is 12.3. The van der Waals surface area contributed by atoms with Crippen LogP contribution in [0.5, 0.6) is 5.75 Å². The number of sulfonamides is 1. The number of benzene rings is 4. The molecule has 0 fully saturated rings. The number of hydrogen-bond acceptors (Lipinski definition) is 5. The zero-order chi connectivity index (χ0) is 31.0. The van der Waals surface area contributed by atoms with E-state index in [0.717, 1.165) is 21.0 Å². The third-order valence-corrected chi connectivity index (χ3v) is 9.02. The number of carbonyl (C=O) groups is 2. The van der Waals surface area contributed by atoms with Crippen molar-refractivity contribution in [1.29, 1.82) is 0 Å².